The van der Waals surface area contributed by atoms with E-state index in [0.29, 0.717) is 70.1 Å². The molecule has 12 N–H and O–H groups in total. The molecular formula is C67H83Cl2FN20O18P4. The summed E-state index contributed by atoms with van der Waals surface area (Å²) in [6.45, 7) is 11.0. The monoisotopic (exact) mass is 1670 g/mol. The van der Waals surface area contributed by atoms with E-state index in [1.807, 2.05) is 37.3 Å². The highest BCUT2D eigenvalue weighted by Gasteiger charge is 2.23. The molecule has 12 rings (SSSR count). The molecule has 0 fully saturated rings. The van der Waals surface area contributed by atoms with Crippen molar-refractivity contribution in [1.29, 1.82) is 0 Å². The quantitative estimate of drug-likeness (QED) is 0.0138. The summed E-state index contributed by atoms with van der Waals surface area (Å²) in [4.78, 5) is 88.9. The van der Waals surface area contributed by atoms with Gasteiger partial charge in [-0.15, -0.1) is 0 Å². The minimum Gasteiger partial charge on any atom is -0.495 e. The molecule has 112 heavy (non-hydrogen) atoms. The zero-order chi connectivity index (χ0) is 80.9. The van der Waals surface area contributed by atoms with Crippen LogP contribution in [0.2, 0.25) is 10.0 Å². The van der Waals surface area contributed by atoms with Gasteiger partial charge in [0.2, 0.25) is 53.3 Å². The molecule has 0 radical (unpaired) electrons. The maximum absolute atomic E-state index is 13.7. The highest BCUT2D eigenvalue weighted by Crippen LogP contribution is 2.46. The molecule has 8 heterocycles. The van der Waals surface area contributed by atoms with Gasteiger partial charge in [0.25, 0.3) is 22.2 Å². The Morgan fingerprint density at radius 3 is 1.04 bits per heavy atom. The SMILES string of the molecule is COc1ccc(COP(C)(=O)COCCn2cnc3c(=O)[nH]c(N)nc32)cc1Cl.COc1ccc(COP(C)(=O)COCCn2cnc3c(=O)[nH]c(N)nc32)cc1F.CP(=O)(COCCn1cnc2c(=O)[nH]c(N)nc21)OCc1cccc(Cl)c1.Cc1ccc(COP(C)(=O)COCCn2cnc3c(=O)[nH]c(N)nc32)cc1. The second-order valence-corrected chi connectivity index (χ2v) is 36.1. The number of aromatic amines is 4. The Morgan fingerprint density at radius 1 is 0.420 bits per heavy atom. The van der Waals surface area contributed by atoms with Gasteiger partial charge in [-0.25, -0.2) is 24.3 Å². The van der Waals surface area contributed by atoms with E-state index >= 15 is 0 Å². The Morgan fingerprint density at radius 2 is 0.723 bits per heavy atom. The fraction of sp³-hybridized carbons (Fsp3) is 0.343. The van der Waals surface area contributed by atoms with Gasteiger partial charge in [-0.3, -0.25) is 57.4 Å². The molecule has 0 saturated carbocycles. The van der Waals surface area contributed by atoms with Crippen LogP contribution in [0.4, 0.5) is 28.2 Å². The number of halogens is 3. The molecule has 0 saturated heterocycles. The molecule has 4 unspecified atom stereocenters. The van der Waals surface area contributed by atoms with E-state index in [1.165, 1.54) is 71.7 Å². The Hall–Kier alpha value is -9.81. The third-order valence-electron chi connectivity index (χ3n) is 15.6. The van der Waals surface area contributed by atoms with Crippen molar-refractivity contribution in [3.63, 3.8) is 0 Å². The topological polar surface area (TPSA) is 519 Å². The van der Waals surface area contributed by atoms with Crippen molar-refractivity contribution in [2.45, 2.75) is 59.5 Å². The largest absolute Gasteiger partial charge is 0.495 e. The molecule has 4 atom stereocenters. The van der Waals surface area contributed by atoms with Crippen molar-refractivity contribution in [3.05, 3.63) is 195 Å². The van der Waals surface area contributed by atoms with Gasteiger partial charge in [-0.1, -0.05) is 77.3 Å². The van der Waals surface area contributed by atoms with Gasteiger partial charge in [0.15, 0.2) is 56.2 Å². The van der Waals surface area contributed by atoms with Crippen LogP contribution in [0, 0.1) is 12.7 Å². The van der Waals surface area contributed by atoms with Crippen molar-refractivity contribution in [1.82, 2.24) is 78.1 Å². The molecule has 4 aromatic carbocycles. The number of ether oxygens (including phenoxy) is 6. The van der Waals surface area contributed by atoms with Gasteiger partial charge in [0.1, 0.15) is 31.1 Å². The van der Waals surface area contributed by atoms with E-state index < -0.39 is 52.0 Å². The van der Waals surface area contributed by atoms with Crippen molar-refractivity contribution < 1.29 is 69.2 Å². The number of methoxy groups -OCH3 is 2. The first kappa shape index (κ1) is 86.2. The fourth-order valence-corrected chi connectivity index (χ4v) is 14.3. The number of nitrogens with one attached hydrogen (secondary N) is 4. The van der Waals surface area contributed by atoms with Crippen molar-refractivity contribution >= 4 is 121 Å². The predicted octanol–water partition coefficient (Wildman–Crippen LogP) is 8.97. The van der Waals surface area contributed by atoms with Crippen LogP contribution in [-0.4, -0.2) is 171 Å². The summed E-state index contributed by atoms with van der Waals surface area (Å²) in [5.41, 5.74) is 27.1. The van der Waals surface area contributed by atoms with Crippen LogP contribution in [0.25, 0.3) is 44.7 Å². The number of hydrogen-bond acceptors (Lipinski definition) is 30. The molecule has 0 amide bonds. The average molecular weight is 1670 g/mol. The zero-order valence-corrected chi connectivity index (χ0v) is 66.7. The molecule has 0 bridgehead atoms. The molecule has 12 aromatic rings. The highest BCUT2D eigenvalue weighted by atomic mass is 35.5. The third kappa shape index (κ3) is 25.6. The van der Waals surface area contributed by atoms with E-state index in [1.54, 1.807) is 67.4 Å². The number of hydrogen-bond donors (Lipinski definition) is 8. The van der Waals surface area contributed by atoms with Crippen LogP contribution in [-0.2, 0) is 108 Å². The maximum atomic E-state index is 13.7. The van der Waals surface area contributed by atoms with E-state index in [9.17, 15) is 41.8 Å². The first-order chi connectivity index (χ1) is 53.2. The van der Waals surface area contributed by atoms with Crippen LogP contribution < -0.4 is 54.6 Å². The number of nitrogen functional groups attached to an aromatic ring is 4. The number of imidazole rings is 4. The third-order valence-corrected chi connectivity index (χ3v) is 21.5. The zero-order valence-electron chi connectivity index (χ0n) is 61.7. The molecule has 45 heteroatoms. The Balaban J connectivity index is 0.000000172. The number of nitrogens with zero attached hydrogens (tertiary/aromatic N) is 12. The summed E-state index contributed by atoms with van der Waals surface area (Å²) in [5.74, 6) is 0.212. The lowest BCUT2D eigenvalue weighted by molar-refractivity contribution is 0.153. The molecule has 38 nitrogen and oxygen atoms in total. The maximum Gasteiger partial charge on any atom is 0.280 e. The Labute approximate surface area is 647 Å². The Kier molecular flexibility index (Phi) is 30.5. The first-order valence-corrected chi connectivity index (χ1v) is 43.5. The summed E-state index contributed by atoms with van der Waals surface area (Å²) >= 11 is 12.0. The van der Waals surface area contributed by atoms with E-state index in [-0.39, 0.29) is 135 Å². The molecule has 600 valence electrons. The van der Waals surface area contributed by atoms with Gasteiger partial charge in [0.05, 0.1) is 97.4 Å². The molecule has 0 aliphatic rings. The number of fused-ring (bicyclic) bond motifs is 4. The summed E-state index contributed by atoms with van der Waals surface area (Å²) in [6.07, 6.45) is 5.71. The molecule has 8 aromatic heterocycles. The lowest BCUT2D eigenvalue weighted by Crippen LogP contribution is -2.13. The van der Waals surface area contributed by atoms with E-state index in [0.717, 1.165) is 22.3 Å². The predicted molar refractivity (Wildman–Crippen MR) is 420 cm³/mol. The summed E-state index contributed by atoms with van der Waals surface area (Å²) in [6, 6.07) is 24.6. The summed E-state index contributed by atoms with van der Waals surface area (Å²) in [7, 11) is -8.92. The van der Waals surface area contributed by atoms with Gasteiger partial charge in [0, 0.05) is 57.9 Å². The Bertz CT molecular complexity index is 5510. The van der Waals surface area contributed by atoms with Gasteiger partial charge in [-0.05, 0) is 65.6 Å². The van der Waals surface area contributed by atoms with Crippen molar-refractivity contribution in [3.8, 4) is 11.5 Å². The lowest BCUT2D eigenvalue weighted by atomic mass is 10.2. The number of aromatic nitrogens is 16. The highest BCUT2D eigenvalue weighted by molar-refractivity contribution is 7.58. The summed E-state index contributed by atoms with van der Waals surface area (Å²) < 4.78 is 124. The van der Waals surface area contributed by atoms with Crippen LogP contribution in [0.5, 0.6) is 11.5 Å². The van der Waals surface area contributed by atoms with Crippen LogP contribution >= 0.6 is 52.7 Å². The number of H-pyrrole nitrogens is 4. The number of rotatable bonds is 34. The first-order valence-electron chi connectivity index (χ1n) is 33.7. The van der Waals surface area contributed by atoms with Gasteiger partial charge in [-0.2, -0.15) is 19.9 Å². The second-order valence-electron chi connectivity index (χ2n) is 25.1. The van der Waals surface area contributed by atoms with Gasteiger partial charge >= 0.3 is 0 Å². The van der Waals surface area contributed by atoms with Crippen LogP contribution in [0.3, 0.4) is 0 Å². The summed E-state index contributed by atoms with van der Waals surface area (Å²) in [5, 5.41) is 1.05. The number of aryl methyl sites for hydroxylation is 1. The van der Waals surface area contributed by atoms with E-state index in [2.05, 4.69) is 59.8 Å². The minimum absolute atomic E-state index is 0.00163. The van der Waals surface area contributed by atoms with Crippen molar-refractivity contribution in [2.75, 3.05) is 116 Å². The number of nitrogens with two attached hydrogens (primary N) is 4. The average Bonchev–Trinajstić information content (AvgIpc) is 1.68. The molecule has 0 aliphatic heterocycles. The lowest BCUT2D eigenvalue weighted by Gasteiger charge is -2.15. The molecule has 0 aliphatic carbocycles. The fourth-order valence-electron chi connectivity index (χ4n) is 10.0. The van der Waals surface area contributed by atoms with Crippen LogP contribution in [0.15, 0.2) is 129 Å². The minimum atomic E-state index is -3.05. The van der Waals surface area contributed by atoms with Crippen LogP contribution in [0.1, 0.15) is 27.8 Å². The molecular weight excluding hydrogens is 1590 g/mol. The normalized spacial score (nSPS) is 13.6. The van der Waals surface area contributed by atoms with Gasteiger partial charge < -0.3 is 87.7 Å². The smallest absolute Gasteiger partial charge is 0.280 e. The van der Waals surface area contributed by atoms with Crippen molar-refractivity contribution in [2.24, 2.45) is 0 Å². The van der Waals surface area contributed by atoms with E-state index in [4.69, 9.17) is 92.7 Å². The number of anilines is 4. The number of benzene rings is 4. The standard InChI is InChI=1S/C17H21ClN5O5P.C17H21FN5O5P.C17H22N5O4P.C16H19ClN5O4P/c2*1-26-13-4-3-11(7-12(13)18)8-28-29(2,25)10-27-6-5-23-9-20-14-15(23)21-17(19)22-16(14)24;1-12-3-5-13(6-4-12)9-26-27(2,24)11-25-8-7-22-10-19-14-15(22)20-17(18)21-16(14)23;1-27(24,26-8-11-3-2-4-12(17)7-11)10-25-6-5-22-9-19-13-14(22)20-16(18)21-15(13)23/h2*3-4,7,9H,5-6,8,10H2,1-2H3,(H3,19,21,22,24);3-6,10H,7-9,11H2,1-2H3,(H3,18,20,21,23);2-4,7,9H,5-6,8,10H2,1H3,(H3,18,20,21,23). The molecule has 0 spiro atoms. The second kappa shape index (κ2) is 39.6.